The van der Waals surface area contributed by atoms with Crippen LogP contribution in [0.25, 0.3) is 20.8 Å². The van der Waals surface area contributed by atoms with Crippen molar-refractivity contribution in [1.82, 2.24) is 9.29 Å². The van der Waals surface area contributed by atoms with Gasteiger partial charge in [0.2, 0.25) is 15.9 Å². The Morgan fingerprint density at radius 2 is 1.61 bits per heavy atom. The van der Waals surface area contributed by atoms with Crippen LogP contribution in [-0.4, -0.2) is 41.6 Å². The molecule has 9 heteroatoms. The molecule has 1 fully saturated rings. The van der Waals surface area contributed by atoms with Crippen molar-refractivity contribution in [2.24, 2.45) is 0 Å². The van der Waals surface area contributed by atoms with Crippen molar-refractivity contribution in [2.75, 3.05) is 4.90 Å². The van der Waals surface area contributed by atoms with E-state index in [1.807, 2.05) is 58.0 Å². The molecule has 3 aromatic carbocycles. The lowest BCUT2D eigenvalue weighted by molar-refractivity contribution is -0.122. The van der Waals surface area contributed by atoms with E-state index in [2.05, 4.69) is 6.07 Å². The standard InChI is InChI=1S/C32H35N3O4S2/c1-8-21(5)35(41(38,39)30-22(6)19(3)16-20(4)23(30)7)27-17-29(36)34(32(27)37)25-12-10-24(11-13-25)31-33-26-14-9-18(2)15-28(26)40-31/h9-16,21,27H,8,17H2,1-7H3. The van der Waals surface area contributed by atoms with Gasteiger partial charge in [-0.15, -0.1) is 11.3 Å². The lowest BCUT2D eigenvalue weighted by atomic mass is 10.0. The van der Waals surface area contributed by atoms with Crippen molar-refractivity contribution in [3.05, 3.63) is 76.3 Å². The molecule has 2 atom stereocenters. The molecule has 7 nitrogen and oxygen atoms in total. The molecule has 0 radical (unpaired) electrons. The summed E-state index contributed by atoms with van der Waals surface area (Å²) >= 11 is 1.59. The predicted molar refractivity (Wildman–Crippen MR) is 165 cm³/mol. The molecule has 0 N–H and O–H groups in total. The zero-order valence-electron chi connectivity index (χ0n) is 24.5. The zero-order valence-corrected chi connectivity index (χ0v) is 26.1. The van der Waals surface area contributed by atoms with Crippen molar-refractivity contribution in [3.63, 3.8) is 0 Å². The van der Waals surface area contributed by atoms with E-state index in [-0.39, 0.29) is 11.3 Å². The third-order valence-corrected chi connectivity index (χ3v) is 11.6. The summed E-state index contributed by atoms with van der Waals surface area (Å²) in [7, 11) is -4.10. The molecule has 1 saturated heterocycles. The Bertz CT molecular complexity index is 1770. The van der Waals surface area contributed by atoms with Crippen LogP contribution in [0.2, 0.25) is 0 Å². The van der Waals surface area contributed by atoms with E-state index in [0.717, 1.165) is 36.8 Å². The minimum Gasteiger partial charge on any atom is -0.274 e. The monoisotopic (exact) mass is 589 g/mol. The Morgan fingerprint density at radius 1 is 0.976 bits per heavy atom. The second-order valence-electron chi connectivity index (χ2n) is 11.0. The Labute approximate surface area is 245 Å². The van der Waals surface area contributed by atoms with Gasteiger partial charge in [0.1, 0.15) is 11.0 Å². The SMILES string of the molecule is CCC(C)N(C1CC(=O)N(c2ccc(-c3nc4ccc(C)cc4s3)cc2)C1=O)S(=O)(=O)c1c(C)c(C)cc(C)c1C. The molecule has 214 valence electrons. The van der Waals surface area contributed by atoms with E-state index in [1.165, 1.54) is 9.87 Å². The van der Waals surface area contributed by atoms with Crippen LogP contribution in [-0.2, 0) is 19.6 Å². The number of rotatable bonds is 7. The topological polar surface area (TPSA) is 87.7 Å². The van der Waals surface area contributed by atoms with E-state index >= 15 is 0 Å². The van der Waals surface area contributed by atoms with Crippen molar-refractivity contribution in [3.8, 4) is 10.6 Å². The smallest absolute Gasteiger partial charge is 0.252 e. The van der Waals surface area contributed by atoms with Crippen LogP contribution in [0.15, 0.2) is 53.4 Å². The molecule has 2 heterocycles. The fourth-order valence-corrected chi connectivity index (χ4v) is 9.06. The second-order valence-corrected chi connectivity index (χ2v) is 13.8. The summed E-state index contributed by atoms with van der Waals surface area (Å²) < 4.78 is 31.0. The first kappa shape index (κ1) is 29.1. The van der Waals surface area contributed by atoms with Crippen molar-refractivity contribution >= 4 is 49.1 Å². The van der Waals surface area contributed by atoms with Gasteiger partial charge in [-0.05, 0) is 112 Å². The molecular formula is C32H35N3O4S2. The molecule has 0 spiro atoms. The number of imide groups is 1. The third-order valence-electron chi connectivity index (χ3n) is 8.20. The van der Waals surface area contributed by atoms with Crippen LogP contribution >= 0.6 is 11.3 Å². The van der Waals surface area contributed by atoms with Gasteiger partial charge in [0, 0.05) is 11.6 Å². The number of carbonyl (C=O) groups excluding carboxylic acids is 2. The van der Waals surface area contributed by atoms with Crippen LogP contribution in [0.3, 0.4) is 0 Å². The van der Waals surface area contributed by atoms with Gasteiger partial charge in [-0.25, -0.2) is 18.3 Å². The summed E-state index contributed by atoms with van der Waals surface area (Å²) in [5, 5.41) is 0.849. The van der Waals surface area contributed by atoms with Gasteiger partial charge < -0.3 is 0 Å². The fraction of sp³-hybridized carbons (Fsp3) is 0.344. The number of nitrogens with zero attached hydrogens (tertiary/aromatic N) is 3. The number of hydrogen-bond acceptors (Lipinski definition) is 6. The number of sulfonamides is 1. The largest absolute Gasteiger partial charge is 0.274 e. The highest BCUT2D eigenvalue weighted by molar-refractivity contribution is 7.89. The highest BCUT2D eigenvalue weighted by Gasteiger charge is 2.49. The van der Waals surface area contributed by atoms with Crippen LogP contribution in [0.4, 0.5) is 5.69 Å². The maximum absolute atomic E-state index is 14.3. The van der Waals surface area contributed by atoms with Crippen molar-refractivity contribution in [2.45, 2.75) is 78.3 Å². The third kappa shape index (κ3) is 5.00. The van der Waals surface area contributed by atoms with Crippen LogP contribution in [0.1, 0.15) is 54.5 Å². The van der Waals surface area contributed by atoms with Gasteiger partial charge in [0.25, 0.3) is 5.91 Å². The van der Waals surface area contributed by atoms with Gasteiger partial charge >= 0.3 is 0 Å². The lowest BCUT2D eigenvalue weighted by Crippen LogP contribution is -2.49. The number of amides is 2. The first-order valence-electron chi connectivity index (χ1n) is 13.8. The predicted octanol–water partition coefficient (Wildman–Crippen LogP) is 6.63. The molecule has 0 aliphatic carbocycles. The van der Waals surface area contributed by atoms with E-state index in [4.69, 9.17) is 4.98 Å². The average Bonchev–Trinajstić information content (AvgIpc) is 3.47. The Morgan fingerprint density at radius 3 is 2.22 bits per heavy atom. The second kappa shape index (κ2) is 10.8. The fourth-order valence-electron chi connectivity index (χ4n) is 5.56. The maximum Gasteiger partial charge on any atom is 0.252 e. The van der Waals surface area contributed by atoms with Crippen LogP contribution in [0.5, 0.6) is 0 Å². The number of aryl methyl sites for hydroxylation is 3. The lowest BCUT2D eigenvalue weighted by Gasteiger charge is -2.33. The maximum atomic E-state index is 14.3. The number of aromatic nitrogens is 1. The minimum absolute atomic E-state index is 0.204. The van der Waals surface area contributed by atoms with E-state index in [9.17, 15) is 18.0 Å². The number of hydrogen-bond donors (Lipinski definition) is 0. The molecular weight excluding hydrogens is 555 g/mol. The molecule has 41 heavy (non-hydrogen) atoms. The molecule has 2 amide bonds. The first-order chi connectivity index (χ1) is 19.3. The van der Waals surface area contributed by atoms with Gasteiger partial charge in [0.15, 0.2) is 0 Å². The van der Waals surface area contributed by atoms with Gasteiger partial charge in [-0.3, -0.25) is 9.59 Å². The van der Waals surface area contributed by atoms with E-state index < -0.39 is 33.9 Å². The molecule has 4 aromatic rings. The number of benzene rings is 3. The number of fused-ring (bicyclic) bond motifs is 1. The average molecular weight is 590 g/mol. The van der Waals surface area contributed by atoms with Gasteiger partial charge in [-0.1, -0.05) is 19.1 Å². The molecule has 1 aliphatic rings. The molecule has 2 unspecified atom stereocenters. The molecule has 1 aliphatic heterocycles. The first-order valence-corrected chi connectivity index (χ1v) is 16.1. The van der Waals surface area contributed by atoms with Crippen LogP contribution < -0.4 is 4.90 Å². The van der Waals surface area contributed by atoms with Gasteiger partial charge in [0.05, 0.1) is 27.2 Å². The number of thiazole rings is 1. The normalized spacial score (nSPS) is 16.8. The highest BCUT2D eigenvalue weighted by Crippen LogP contribution is 2.36. The van der Waals surface area contributed by atoms with Crippen molar-refractivity contribution < 1.29 is 18.0 Å². The quantitative estimate of drug-likeness (QED) is 0.226. The van der Waals surface area contributed by atoms with Gasteiger partial charge in [-0.2, -0.15) is 4.31 Å². The van der Waals surface area contributed by atoms with Crippen molar-refractivity contribution in [1.29, 1.82) is 0 Å². The zero-order chi connectivity index (χ0) is 29.8. The Balaban J connectivity index is 1.49. The summed E-state index contributed by atoms with van der Waals surface area (Å²) in [6, 6.07) is 13.7. The van der Waals surface area contributed by atoms with E-state index in [0.29, 0.717) is 23.2 Å². The summed E-state index contributed by atoms with van der Waals surface area (Å²) in [4.78, 5) is 33.2. The minimum atomic E-state index is -4.10. The Kier molecular flexibility index (Phi) is 7.65. The summed E-state index contributed by atoms with van der Waals surface area (Å²) in [6.07, 6.45) is 0.292. The summed E-state index contributed by atoms with van der Waals surface area (Å²) in [5.41, 5.74) is 6.46. The summed E-state index contributed by atoms with van der Waals surface area (Å²) in [6.45, 7) is 13.1. The molecule has 1 aromatic heterocycles. The van der Waals surface area contributed by atoms with E-state index in [1.54, 1.807) is 44.2 Å². The number of anilines is 1. The Hall–Kier alpha value is -3.40. The summed E-state index contributed by atoms with van der Waals surface area (Å²) in [5.74, 6) is -0.942. The molecule has 0 saturated carbocycles. The molecule has 0 bridgehead atoms. The number of carbonyl (C=O) groups is 2. The molecule has 5 rings (SSSR count). The highest BCUT2D eigenvalue weighted by atomic mass is 32.2. The van der Waals surface area contributed by atoms with Crippen LogP contribution in [0, 0.1) is 34.6 Å².